The van der Waals surface area contributed by atoms with E-state index in [-0.39, 0.29) is 10.6 Å². The third-order valence-corrected chi connectivity index (χ3v) is 3.26. The number of fused-ring (bicyclic) bond motifs is 1. The van der Waals surface area contributed by atoms with Gasteiger partial charge in [0.15, 0.2) is 0 Å². The van der Waals surface area contributed by atoms with Gasteiger partial charge in [-0.1, -0.05) is 26.2 Å². The molecule has 1 aromatic heterocycles. The van der Waals surface area contributed by atoms with Gasteiger partial charge in [0.05, 0.1) is 10.4 Å². The summed E-state index contributed by atoms with van der Waals surface area (Å²) in [6.45, 7) is 2.20. The van der Waals surface area contributed by atoms with Gasteiger partial charge in [0.2, 0.25) is 0 Å². The molecule has 0 amide bonds. The van der Waals surface area contributed by atoms with Gasteiger partial charge in [-0.2, -0.15) is 0 Å². The number of nitro groups is 1. The van der Waals surface area contributed by atoms with E-state index in [1.54, 1.807) is 12.1 Å². The van der Waals surface area contributed by atoms with E-state index in [1.807, 2.05) is 12.3 Å². The highest BCUT2D eigenvalue weighted by molar-refractivity contribution is 5.85. The van der Waals surface area contributed by atoms with Crippen molar-refractivity contribution in [1.82, 2.24) is 4.98 Å². The van der Waals surface area contributed by atoms with Gasteiger partial charge in [0.1, 0.15) is 0 Å². The quantitative estimate of drug-likeness (QED) is 0.471. The number of nitro benzene ring substituents is 1. The molecule has 1 aromatic carbocycles. The van der Waals surface area contributed by atoms with Crippen molar-refractivity contribution < 1.29 is 4.92 Å². The number of hydrogen-bond donors (Lipinski definition) is 1. The van der Waals surface area contributed by atoms with E-state index in [9.17, 15) is 10.1 Å². The first kappa shape index (κ1) is 12.6. The molecule has 0 aliphatic rings. The molecule has 0 atom stereocenters. The van der Waals surface area contributed by atoms with E-state index in [4.69, 9.17) is 0 Å². The Morgan fingerprint density at radius 2 is 2.11 bits per heavy atom. The number of aryl methyl sites for hydroxylation is 1. The normalized spacial score (nSPS) is 10.9. The maximum Gasteiger partial charge on any atom is 0.271 e. The van der Waals surface area contributed by atoms with Crippen LogP contribution in [0.25, 0.3) is 10.9 Å². The summed E-state index contributed by atoms with van der Waals surface area (Å²) in [5.74, 6) is 0. The number of benzene rings is 1. The monoisotopic (exact) mass is 246 g/mol. The molecule has 1 heterocycles. The van der Waals surface area contributed by atoms with Crippen molar-refractivity contribution in [2.24, 2.45) is 0 Å². The lowest BCUT2D eigenvalue weighted by molar-refractivity contribution is -0.384. The van der Waals surface area contributed by atoms with Crippen LogP contribution in [0.3, 0.4) is 0 Å². The molecule has 1 N–H and O–H groups in total. The smallest absolute Gasteiger partial charge is 0.271 e. The summed E-state index contributed by atoms with van der Waals surface area (Å²) in [7, 11) is 0. The molecule has 0 unspecified atom stereocenters. The van der Waals surface area contributed by atoms with Gasteiger partial charge in [0, 0.05) is 23.7 Å². The molecule has 2 rings (SSSR count). The van der Waals surface area contributed by atoms with Gasteiger partial charge in [-0.15, -0.1) is 0 Å². The van der Waals surface area contributed by atoms with Crippen molar-refractivity contribution >= 4 is 16.6 Å². The van der Waals surface area contributed by atoms with Crippen LogP contribution in [0.4, 0.5) is 5.69 Å². The molecule has 0 radical (unpaired) electrons. The summed E-state index contributed by atoms with van der Waals surface area (Å²) in [5, 5.41) is 11.8. The number of H-pyrrole nitrogens is 1. The summed E-state index contributed by atoms with van der Waals surface area (Å²) in [4.78, 5) is 13.4. The topological polar surface area (TPSA) is 58.9 Å². The minimum atomic E-state index is -0.360. The van der Waals surface area contributed by atoms with Crippen molar-refractivity contribution in [2.45, 2.75) is 39.0 Å². The Bertz CT molecular complexity index is 546. The van der Waals surface area contributed by atoms with Gasteiger partial charge in [0.25, 0.3) is 5.69 Å². The average Bonchev–Trinajstić information content (AvgIpc) is 2.77. The fourth-order valence-electron chi connectivity index (χ4n) is 2.24. The number of non-ortho nitro benzene ring substituents is 1. The van der Waals surface area contributed by atoms with E-state index < -0.39 is 0 Å². The fraction of sp³-hybridized carbons (Fsp3) is 0.429. The Balaban J connectivity index is 2.13. The molecule has 18 heavy (non-hydrogen) atoms. The second-order valence-electron chi connectivity index (χ2n) is 4.61. The van der Waals surface area contributed by atoms with Crippen molar-refractivity contribution in [2.75, 3.05) is 0 Å². The number of aromatic amines is 1. The molecule has 0 bridgehead atoms. The minimum Gasteiger partial charge on any atom is -0.361 e. The second-order valence-corrected chi connectivity index (χ2v) is 4.61. The highest BCUT2D eigenvalue weighted by Gasteiger charge is 2.09. The maximum atomic E-state index is 10.7. The molecule has 2 aromatic rings. The lowest BCUT2D eigenvalue weighted by atomic mass is 10.1. The van der Waals surface area contributed by atoms with Crippen LogP contribution in [-0.2, 0) is 6.42 Å². The lowest BCUT2D eigenvalue weighted by Gasteiger charge is -1.99. The largest absolute Gasteiger partial charge is 0.361 e. The van der Waals surface area contributed by atoms with Crippen molar-refractivity contribution in [3.05, 3.63) is 40.1 Å². The molecule has 0 saturated carbocycles. The number of nitrogens with zero attached hydrogens (tertiary/aromatic N) is 1. The first-order chi connectivity index (χ1) is 8.72. The Kier molecular flexibility index (Phi) is 3.97. The van der Waals surface area contributed by atoms with E-state index in [0.717, 1.165) is 17.3 Å². The van der Waals surface area contributed by atoms with E-state index in [2.05, 4.69) is 11.9 Å². The Labute approximate surface area is 106 Å². The molecule has 0 aliphatic carbocycles. The van der Waals surface area contributed by atoms with Gasteiger partial charge in [-0.3, -0.25) is 10.1 Å². The number of aromatic nitrogens is 1. The van der Waals surface area contributed by atoms with Crippen LogP contribution in [0.5, 0.6) is 0 Å². The van der Waals surface area contributed by atoms with E-state index in [0.29, 0.717) is 0 Å². The third kappa shape index (κ3) is 2.70. The number of hydrogen-bond acceptors (Lipinski definition) is 2. The highest BCUT2D eigenvalue weighted by Crippen LogP contribution is 2.24. The molecule has 0 aliphatic heterocycles. The lowest BCUT2D eigenvalue weighted by Crippen LogP contribution is -1.87. The first-order valence-corrected chi connectivity index (χ1v) is 6.46. The van der Waals surface area contributed by atoms with E-state index >= 15 is 0 Å². The van der Waals surface area contributed by atoms with Crippen LogP contribution >= 0.6 is 0 Å². The Hall–Kier alpha value is -1.84. The van der Waals surface area contributed by atoms with Crippen LogP contribution in [-0.4, -0.2) is 9.91 Å². The van der Waals surface area contributed by atoms with Crippen molar-refractivity contribution in [1.29, 1.82) is 0 Å². The summed E-state index contributed by atoms with van der Waals surface area (Å²) < 4.78 is 0. The molecule has 0 saturated heterocycles. The molecule has 4 heteroatoms. The van der Waals surface area contributed by atoms with Crippen LogP contribution in [0.15, 0.2) is 24.4 Å². The number of nitrogens with one attached hydrogen (secondary N) is 1. The van der Waals surface area contributed by atoms with Gasteiger partial charge in [-0.05, 0) is 24.5 Å². The summed E-state index contributed by atoms with van der Waals surface area (Å²) in [6, 6.07) is 5.02. The highest BCUT2D eigenvalue weighted by atomic mass is 16.6. The minimum absolute atomic E-state index is 0.141. The summed E-state index contributed by atoms with van der Waals surface area (Å²) in [5.41, 5.74) is 2.26. The standard InChI is InChI=1S/C14H18N2O2/c1-2-3-4-5-6-11-10-15-14-9-12(16(17)18)7-8-13(11)14/h7-10,15H,2-6H2,1H3. The van der Waals surface area contributed by atoms with Crippen molar-refractivity contribution in [3.8, 4) is 0 Å². The predicted octanol–water partition coefficient (Wildman–Crippen LogP) is 4.20. The van der Waals surface area contributed by atoms with Gasteiger partial charge >= 0.3 is 0 Å². The SMILES string of the molecule is CCCCCCc1c[nH]c2cc([N+](=O)[O-])ccc12. The molecule has 96 valence electrons. The zero-order chi connectivity index (χ0) is 13.0. The zero-order valence-electron chi connectivity index (χ0n) is 10.6. The van der Waals surface area contributed by atoms with Crippen LogP contribution in [0, 0.1) is 10.1 Å². The summed E-state index contributed by atoms with van der Waals surface area (Å²) >= 11 is 0. The van der Waals surface area contributed by atoms with Crippen LogP contribution in [0.2, 0.25) is 0 Å². The predicted molar refractivity (Wildman–Crippen MR) is 72.8 cm³/mol. The average molecular weight is 246 g/mol. The number of unbranched alkanes of at least 4 members (excludes halogenated alkanes) is 3. The second kappa shape index (κ2) is 5.67. The molecular weight excluding hydrogens is 228 g/mol. The van der Waals surface area contributed by atoms with Crippen LogP contribution in [0.1, 0.15) is 38.2 Å². The summed E-state index contributed by atoms with van der Waals surface area (Å²) in [6.07, 6.45) is 7.94. The molecular formula is C14H18N2O2. The third-order valence-electron chi connectivity index (χ3n) is 3.26. The van der Waals surface area contributed by atoms with Gasteiger partial charge < -0.3 is 4.98 Å². The molecule has 0 spiro atoms. The molecule has 4 nitrogen and oxygen atoms in total. The Morgan fingerprint density at radius 1 is 1.28 bits per heavy atom. The zero-order valence-corrected chi connectivity index (χ0v) is 10.6. The van der Waals surface area contributed by atoms with E-state index in [1.165, 1.54) is 31.2 Å². The molecule has 0 fully saturated rings. The van der Waals surface area contributed by atoms with Crippen molar-refractivity contribution in [3.63, 3.8) is 0 Å². The fourth-order valence-corrected chi connectivity index (χ4v) is 2.24. The van der Waals surface area contributed by atoms with Gasteiger partial charge in [-0.25, -0.2) is 0 Å². The van der Waals surface area contributed by atoms with Crippen LogP contribution < -0.4 is 0 Å². The number of rotatable bonds is 6. The first-order valence-electron chi connectivity index (χ1n) is 6.46. The maximum absolute atomic E-state index is 10.7. The Morgan fingerprint density at radius 3 is 2.83 bits per heavy atom.